The van der Waals surface area contributed by atoms with E-state index in [2.05, 4.69) is 57.7 Å². The molecule has 0 aliphatic heterocycles. The Kier molecular flexibility index (Phi) is 3.25. The zero-order valence-corrected chi connectivity index (χ0v) is 12.7. The minimum atomic E-state index is 1.15. The molecule has 0 radical (unpaired) electrons. The highest BCUT2D eigenvalue weighted by Crippen LogP contribution is 2.32. The van der Waals surface area contributed by atoms with Crippen LogP contribution in [0.15, 0.2) is 30.3 Å². The van der Waals surface area contributed by atoms with Gasteiger partial charge in [-0.1, -0.05) is 50.3 Å². The highest BCUT2D eigenvalue weighted by Gasteiger charge is 2.11. The van der Waals surface area contributed by atoms with Crippen LogP contribution < -0.4 is 5.22 Å². The van der Waals surface area contributed by atoms with Gasteiger partial charge in [-0.2, -0.15) is 0 Å². The zero-order valence-electron chi connectivity index (χ0n) is 12.7. The second-order valence-corrected chi connectivity index (χ2v) is 5.91. The van der Waals surface area contributed by atoms with Crippen LogP contribution in [0.1, 0.15) is 36.5 Å². The molecule has 0 unspecified atom stereocenters. The van der Waals surface area contributed by atoms with E-state index in [-0.39, 0.29) is 0 Å². The number of unbranched alkanes of at least 4 members (excludes halogenated alkanes) is 1. The van der Waals surface area contributed by atoms with Crippen molar-refractivity contribution < 1.29 is 0 Å². The van der Waals surface area contributed by atoms with E-state index in [4.69, 9.17) is 0 Å². The van der Waals surface area contributed by atoms with Crippen molar-refractivity contribution in [3.63, 3.8) is 0 Å². The van der Waals surface area contributed by atoms with Gasteiger partial charge in [-0.15, -0.1) is 0 Å². The molecule has 0 N–H and O–H groups in total. The maximum atomic E-state index is 4.23. The molecule has 3 aromatic carbocycles. The number of benzene rings is 3. The molecule has 3 rings (SSSR count). The van der Waals surface area contributed by atoms with Crippen molar-refractivity contribution in [1.29, 1.82) is 0 Å². The van der Waals surface area contributed by atoms with Gasteiger partial charge in [0, 0.05) is 0 Å². The van der Waals surface area contributed by atoms with E-state index in [1.54, 1.807) is 0 Å². The minimum absolute atomic E-state index is 1.15. The molecule has 0 atom stereocenters. The van der Waals surface area contributed by atoms with E-state index in [0.717, 1.165) is 5.22 Å². The number of aryl methyl sites for hydroxylation is 3. The SMILES string of the molecule is C=c1ccc2c(C)cc(CCCC)c3ccc(C)c1c23. The van der Waals surface area contributed by atoms with Crippen LogP contribution in [-0.4, -0.2) is 0 Å². The quantitative estimate of drug-likeness (QED) is 0.617. The Hall–Kier alpha value is -1.82. The van der Waals surface area contributed by atoms with Gasteiger partial charge in [-0.25, -0.2) is 0 Å². The molecule has 0 saturated carbocycles. The van der Waals surface area contributed by atoms with Crippen LogP contribution in [-0.2, 0) is 6.42 Å². The van der Waals surface area contributed by atoms with E-state index >= 15 is 0 Å². The van der Waals surface area contributed by atoms with Gasteiger partial charge >= 0.3 is 0 Å². The standard InChI is InChI=1S/C20H22/c1-5-6-7-16-12-15(4)17-10-8-13(2)19-14(3)9-11-18(16)20(17)19/h8-12H,2,5-7H2,1,3-4H3. The molecule has 3 aromatic rings. The Morgan fingerprint density at radius 2 is 1.65 bits per heavy atom. The number of rotatable bonds is 3. The van der Waals surface area contributed by atoms with Crippen molar-refractivity contribution in [1.82, 2.24) is 0 Å². The lowest BCUT2D eigenvalue weighted by Gasteiger charge is -2.15. The summed E-state index contributed by atoms with van der Waals surface area (Å²) in [7, 11) is 0. The second kappa shape index (κ2) is 4.94. The fourth-order valence-electron chi connectivity index (χ4n) is 3.34. The molecule has 0 fully saturated rings. The third-order valence-corrected chi connectivity index (χ3v) is 4.42. The molecule has 0 heteroatoms. The molecule has 0 aromatic heterocycles. The van der Waals surface area contributed by atoms with E-state index < -0.39 is 0 Å². The van der Waals surface area contributed by atoms with E-state index in [1.807, 2.05) is 0 Å². The van der Waals surface area contributed by atoms with Crippen molar-refractivity contribution >= 4 is 28.1 Å². The molecule has 20 heavy (non-hydrogen) atoms. The average molecular weight is 262 g/mol. The predicted molar refractivity (Wildman–Crippen MR) is 90.3 cm³/mol. The van der Waals surface area contributed by atoms with Gasteiger partial charge in [0.2, 0.25) is 0 Å². The zero-order chi connectivity index (χ0) is 14.3. The Bertz CT molecular complexity index is 824. The summed E-state index contributed by atoms with van der Waals surface area (Å²) in [5.74, 6) is 0. The lowest BCUT2D eigenvalue weighted by molar-refractivity contribution is 0.798. The monoisotopic (exact) mass is 262 g/mol. The molecule has 0 saturated heterocycles. The van der Waals surface area contributed by atoms with E-state index in [1.165, 1.54) is 57.5 Å². The van der Waals surface area contributed by atoms with Crippen molar-refractivity contribution in [2.75, 3.05) is 0 Å². The smallest absolute Gasteiger partial charge is 0.00250 e. The number of hydrogen-bond donors (Lipinski definition) is 0. The molecular formula is C20H22. The van der Waals surface area contributed by atoms with Gasteiger partial charge in [0.1, 0.15) is 0 Å². The fraction of sp³-hybridized carbons (Fsp3) is 0.300. The number of hydrogen-bond acceptors (Lipinski definition) is 0. The maximum Gasteiger partial charge on any atom is -0.00250 e. The Morgan fingerprint density at radius 1 is 0.900 bits per heavy atom. The van der Waals surface area contributed by atoms with Crippen LogP contribution in [0.25, 0.3) is 28.1 Å². The topological polar surface area (TPSA) is 0 Å². The first-order valence-electron chi connectivity index (χ1n) is 7.56. The Labute approximate surface area is 121 Å². The van der Waals surface area contributed by atoms with Crippen LogP contribution in [0.5, 0.6) is 0 Å². The molecule has 0 aliphatic rings. The van der Waals surface area contributed by atoms with Crippen LogP contribution in [0, 0.1) is 13.8 Å². The molecule has 0 heterocycles. The summed E-state index contributed by atoms with van der Waals surface area (Å²) in [4.78, 5) is 0. The molecule has 0 nitrogen and oxygen atoms in total. The lowest BCUT2D eigenvalue weighted by Crippen LogP contribution is -2.03. The largest absolute Gasteiger partial charge is 0.0911 e. The molecular weight excluding hydrogens is 240 g/mol. The third-order valence-electron chi connectivity index (χ3n) is 4.42. The first-order chi connectivity index (χ1) is 9.63. The average Bonchev–Trinajstić information content (AvgIpc) is 2.43. The minimum Gasteiger partial charge on any atom is -0.0911 e. The molecule has 102 valence electrons. The van der Waals surface area contributed by atoms with Crippen LogP contribution in [0.3, 0.4) is 0 Å². The summed E-state index contributed by atoms with van der Waals surface area (Å²) in [6.45, 7) is 10.9. The van der Waals surface area contributed by atoms with Crippen molar-refractivity contribution in [3.8, 4) is 0 Å². The first kappa shape index (κ1) is 13.2. The lowest BCUT2D eigenvalue weighted by atomic mass is 9.89. The summed E-state index contributed by atoms with van der Waals surface area (Å²) in [5, 5.41) is 6.72. The van der Waals surface area contributed by atoms with Gasteiger partial charge in [0.15, 0.2) is 0 Å². The molecule has 0 amide bonds. The molecule has 0 aliphatic carbocycles. The summed E-state index contributed by atoms with van der Waals surface area (Å²) >= 11 is 0. The van der Waals surface area contributed by atoms with Gasteiger partial charge in [-0.3, -0.25) is 0 Å². The van der Waals surface area contributed by atoms with Gasteiger partial charge < -0.3 is 0 Å². The normalized spacial score (nSPS) is 11.6. The van der Waals surface area contributed by atoms with E-state index in [9.17, 15) is 0 Å². The summed E-state index contributed by atoms with van der Waals surface area (Å²) in [6, 6.07) is 11.3. The van der Waals surface area contributed by atoms with Gasteiger partial charge in [0.25, 0.3) is 0 Å². The summed E-state index contributed by atoms with van der Waals surface area (Å²) in [6.07, 6.45) is 3.67. The molecule has 0 bridgehead atoms. The molecule has 0 spiro atoms. The maximum absolute atomic E-state index is 4.23. The van der Waals surface area contributed by atoms with Crippen molar-refractivity contribution in [3.05, 3.63) is 52.2 Å². The van der Waals surface area contributed by atoms with Gasteiger partial charge in [-0.05, 0) is 70.1 Å². The van der Waals surface area contributed by atoms with Crippen LogP contribution in [0.4, 0.5) is 0 Å². The van der Waals surface area contributed by atoms with Crippen LogP contribution in [0.2, 0.25) is 0 Å². The van der Waals surface area contributed by atoms with Gasteiger partial charge in [0.05, 0.1) is 0 Å². The highest BCUT2D eigenvalue weighted by atomic mass is 14.1. The summed E-state index contributed by atoms with van der Waals surface area (Å²) < 4.78 is 0. The second-order valence-electron chi connectivity index (χ2n) is 5.91. The summed E-state index contributed by atoms with van der Waals surface area (Å²) in [5.41, 5.74) is 4.21. The van der Waals surface area contributed by atoms with Crippen molar-refractivity contribution in [2.45, 2.75) is 40.0 Å². The third kappa shape index (κ3) is 1.91. The first-order valence-corrected chi connectivity index (χ1v) is 7.56. The highest BCUT2D eigenvalue weighted by molar-refractivity contribution is 6.13. The van der Waals surface area contributed by atoms with Crippen LogP contribution >= 0.6 is 0 Å². The Balaban J connectivity index is 2.47. The van der Waals surface area contributed by atoms with Crippen molar-refractivity contribution in [2.24, 2.45) is 0 Å². The van der Waals surface area contributed by atoms with E-state index in [0.29, 0.717) is 0 Å². The fourth-order valence-corrected chi connectivity index (χ4v) is 3.34. The Morgan fingerprint density at radius 3 is 2.40 bits per heavy atom. The predicted octanol–water partition coefficient (Wildman–Crippen LogP) is 5.08.